The summed E-state index contributed by atoms with van der Waals surface area (Å²) in [5.41, 5.74) is 2.14. The van der Waals surface area contributed by atoms with Crippen LogP contribution in [-0.4, -0.2) is 62.8 Å². The molecule has 0 spiro atoms. The van der Waals surface area contributed by atoms with Crippen LogP contribution in [-0.2, 0) is 17.9 Å². The van der Waals surface area contributed by atoms with Gasteiger partial charge in [-0.05, 0) is 24.6 Å². The third kappa shape index (κ3) is 3.86. The molecular weight excluding hydrogens is 414 g/mol. The number of fused-ring (bicyclic) bond motifs is 1. The van der Waals surface area contributed by atoms with Gasteiger partial charge >= 0.3 is 0 Å². The molecule has 0 unspecified atom stereocenters. The van der Waals surface area contributed by atoms with Gasteiger partial charge in [-0.3, -0.25) is 9.59 Å². The lowest BCUT2D eigenvalue weighted by Crippen LogP contribution is -2.50. The molecule has 0 radical (unpaired) electrons. The summed E-state index contributed by atoms with van der Waals surface area (Å²) in [6, 6.07) is 13.8. The fourth-order valence-corrected chi connectivity index (χ4v) is 4.85. The van der Waals surface area contributed by atoms with E-state index in [-0.39, 0.29) is 17.9 Å². The summed E-state index contributed by atoms with van der Waals surface area (Å²) in [5, 5.41) is 8.38. The van der Waals surface area contributed by atoms with Crippen molar-refractivity contribution in [3.05, 3.63) is 69.2 Å². The summed E-state index contributed by atoms with van der Waals surface area (Å²) in [6.07, 6.45) is -0.103. The summed E-state index contributed by atoms with van der Waals surface area (Å²) >= 11 is 1.50. The summed E-state index contributed by atoms with van der Waals surface area (Å²) < 4.78 is 7.77. The van der Waals surface area contributed by atoms with Crippen molar-refractivity contribution in [3.63, 3.8) is 0 Å². The Morgan fingerprint density at radius 1 is 1.00 bits per heavy atom. The number of rotatable bonds is 3. The highest BCUT2D eigenvalue weighted by molar-refractivity contribution is 7.13. The zero-order chi connectivity index (χ0) is 21.4. The molecule has 8 nitrogen and oxygen atoms in total. The van der Waals surface area contributed by atoms with Crippen molar-refractivity contribution >= 4 is 23.2 Å². The first-order chi connectivity index (χ1) is 15.1. The zero-order valence-corrected chi connectivity index (χ0v) is 18.0. The summed E-state index contributed by atoms with van der Waals surface area (Å²) in [4.78, 5) is 31.2. The van der Waals surface area contributed by atoms with E-state index < -0.39 is 0 Å². The number of aromatic nitrogens is 3. The third-order valence-electron chi connectivity index (χ3n) is 5.78. The molecule has 1 fully saturated rings. The minimum Gasteiger partial charge on any atom is -0.365 e. The van der Waals surface area contributed by atoms with Gasteiger partial charge in [0.25, 0.3) is 11.8 Å². The number of carbonyl (C=O) groups excluding carboxylic acids is 2. The van der Waals surface area contributed by atoms with Crippen LogP contribution in [0.15, 0.2) is 42.5 Å². The topological polar surface area (TPSA) is 80.6 Å². The first-order valence-corrected chi connectivity index (χ1v) is 11.2. The number of benzene rings is 1. The van der Waals surface area contributed by atoms with Gasteiger partial charge in [-0.1, -0.05) is 35.5 Å². The molecule has 4 heterocycles. The van der Waals surface area contributed by atoms with E-state index in [1.807, 2.05) is 54.3 Å². The second-order valence-electron chi connectivity index (χ2n) is 7.77. The zero-order valence-electron chi connectivity index (χ0n) is 17.2. The molecule has 5 rings (SSSR count). The number of hydrogen-bond acceptors (Lipinski definition) is 6. The van der Waals surface area contributed by atoms with Crippen LogP contribution in [0.2, 0.25) is 0 Å². The van der Waals surface area contributed by atoms with Gasteiger partial charge in [-0.25, -0.2) is 4.68 Å². The Hall–Kier alpha value is -3.04. The van der Waals surface area contributed by atoms with Crippen LogP contribution in [0.3, 0.4) is 0 Å². The molecular formula is C22H23N5O3S. The van der Waals surface area contributed by atoms with E-state index in [0.717, 1.165) is 15.3 Å². The number of nitrogens with zero attached hydrogens (tertiary/aromatic N) is 5. The van der Waals surface area contributed by atoms with E-state index in [9.17, 15) is 9.59 Å². The van der Waals surface area contributed by atoms with E-state index in [4.69, 9.17) is 4.74 Å². The van der Waals surface area contributed by atoms with Crippen molar-refractivity contribution in [2.45, 2.75) is 26.2 Å². The third-order valence-corrected chi connectivity index (χ3v) is 6.77. The molecule has 0 N–H and O–H groups in total. The lowest BCUT2D eigenvalue weighted by Gasteiger charge is -2.34. The van der Waals surface area contributed by atoms with Crippen LogP contribution in [0, 0.1) is 6.92 Å². The predicted octanol–water partition coefficient (Wildman–Crippen LogP) is 2.52. The fourth-order valence-electron chi connectivity index (χ4n) is 4.01. The highest BCUT2D eigenvalue weighted by Gasteiger charge is 2.32. The molecule has 1 saturated heterocycles. The maximum atomic E-state index is 13.1. The first kappa shape index (κ1) is 19.9. The van der Waals surface area contributed by atoms with Crippen molar-refractivity contribution in [2.75, 3.05) is 26.2 Å². The lowest BCUT2D eigenvalue weighted by molar-refractivity contribution is -0.00202. The lowest BCUT2D eigenvalue weighted by atomic mass is 10.1. The van der Waals surface area contributed by atoms with Crippen LogP contribution in [0.25, 0.3) is 0 Å². The Kier molecular flexibility index (Phi) is 5.29. The minimum atomic E-state index is -0.151. The number of piperazine rings is 1. The monoisotopic (exact) mass is 437 g/mol. The van der Waals surface area contributed by atoms with Crippen LogP contribution < -0.4 is 0 Å². The standard InChI is InChI=1S/C22H23N5O3S/c1-15-7-8-19(31-15)21(28)25-9-11-26(12-10-25)22(29)20-17-14-30-18(13-27(17)24-23-20)16-5-3-2-4-6-16/h2-8,18H,9-14H2,1H3/t18-/m1/s1. The van der Waals surface area contributed by atoms with Crippen molar-refractivity contribution < 1.29 is 14.3 Å². The number of aryl methyl sites for hydroxylation is 1. The van der Waals surface area contributed by atoms with Crippen LogP contribution in [0.4, 0.5) is 0 Å². The second kappa shape index (κ2) is 8.24. The van der Waals surface area contributed by atoms with E-state index in [1.54, 1.807) is 9.58 Å². The molecule has 0 saturated carbocycles. The average molecular weight is 438 g/mol. The molecule has 0 bridgehead atoms. The Morgan fingerprint density at radius 2 is 1.71 bits per heavy atom. The number of carbonyl (C=O) groups is 2. The smallest absolute Gasteiger partial charge is 0.276 e. The normalized spacial score (nSPS) is 18.7. The number of hydrogen-bond donors (Lipinski definition) is 0. The highest BCUT2D eigenvalue weighted by Crippen LogP contribution is 2.27. The highest BCUT2D eigenvalue weighted by atomic mass is 32.1. The maximum absolute atomic E-state index is 13.1. The van der Waals surface area contributed by atoms with Crippen molar-refractivity contribution in [1.29, 1.82) is 0 Å². The molecule has 9 heteroatoms. The molecule has 160 valence electrons. The molecule has 2 aliphatic heterocycles. The van der Waals surface area contributed by atoms with E-state index >= 15 is 0 Å². The molecule has 2 aromatic heterocycles. The van der Waals surface area contributed by atoms with Crippen molar-refractivity contribution in [2.24, 2.45) is 0 Å². The maximum Gasteiger partial charge on any atom is 0.276 e. The molecule has 0 aliphatic carbocycles. The van der Waals surface area contributed by atoms with Gasteiger partial charge in [-0.15, -0.1) is 16.4 Å². The second-order valence-corrected chi connectivity index (χ2v) is 9.06. The average Bonchev–Trinajstić information content (AvgIpc) is 3.44. The van der Waals surface area contributed by atoms with Crippen LogP contribution in [0.5, 0.6) is 0 Å². The van der Waals surface area contributed by atoms with Gasteiger partial charge in [0.15, 0.2) is 5.69 Å². The molecule has 1 aromatic carbocycles. The molecule has 3 aromatic rings. The fraction of sp³-hybridized carbons (Fsp3) is 0.364. The van der Waals surface area contributed by atoms with Crippen molar-refractivity contribution in [3.8, 4) is 0 Å². The Labute approximate surface area is 184 Å². The quantitative estimate of drug-likeness (QED) is 0.629. The molecule has 1 atom stereocenters. The Bertz CT molecular complexity index is 1100. The number of thiophene rings is 1. The summed E-state index contributed by atoms with van der Waals surface area (Å²) in [5.74, 6) is -0.117. The van der Waals surface area contributed by atoms with E-state index in [2.05, 4.69) is 10.3 Å². The SMILES string of the molecule is Cc1ccc(C(=O)N2CCN(C(=O)c3nnn4c3CO[C@@H](c3ccccc3)C4)CC2)s1. The van der Waals surface area contributed by atoms with Crippen LogP contribution >= 0.6 is 11.3 Å². The van der Waals surface area contributed by atoms with E-state index in [0.29, 0.717) is 50.7 Å². The number of amides is 2. The Morgan fingerprint density at radius 3 is 2.39 bits per heavy atom. The first-order valence-electron chi connectivity index (χ1n) is 10.3. The molecule has 2 amide bonds. The van der Waals surface area contributed by atoms with E-state index in [1.165, 1.54) is 11.3 Å². The molecule has 31 heavy (non-hydrogen) atoms. The van der Waals surface area contributed by atoms with Gasteiger partial charge < -0.3 is 14.5 Å². The molecule has 2 aliphatic rings. The number of ether oxygens (including phenoxy) is 1. The van der Waals surface area contributed by atoms with Gasteiger partial charge in [0, 0.05) is 31.1 Å². The Balaban J connectivity index is 1.23. The van der Waals surface area contributed by atoms with Gasteiger partial charge in [-0.2, -0.15) is 0 Å². The van der Waals surface area contributed by atoms with Gasteiger partial charge in [0.1, 0.15) is 6.10 Å². The summed E-state index contributed by atoms with van der Waals surface area (Å²) in [6.45, 7) is 4.80. The largest absolute Gasteiger partial charge is 0.365 e. The van der Waals surface area contributed by atoms with Gasteiger partial charge in [0.2, 0.25) is 0 Å². The predicted molar refractivity (Wildman–Crippen MR) is 115 cm³/mol. The van der Waals surface area contributed by atoms with Crippen LogP contribution in [0.1, 0.15) is 42.4 Å². The summed E-state index contributed by atoms with van der Waals surface area (Å²) in [7, 11) is 0. The minimum absolute atomic E-state index is 0.0339. The van der Waals surface area contributed by atoms with Gasteiger partial charge in [0.05, 0.1) is 23.7 Å². The van der Waals surface area contributed by atoms with Crippen molar-refractivity contribution in [1.82, 2.24) is 24.8 Å².